The molecule has 4 rings (SSSR count). The number of benzene rings is 3. The molecule has 0 spiro atoms. The van der Waals surface area contributed by atoms with E-state index in [1.807, 2.05) is 30.3 Å². The van der Waals surface area contributed by atoms with Gasteiger partial charge in [-0.15, -0.1) is 0 Å². The van der Waals surface area contributed by atoms with Gasteiger partial charge in [-0.25, -0.2) is 9.69 Å². The molecule has 3 aromatic carbocycles. The minimum Gasteiger partial charge on any atom is -0.447 e. The van der Waals surface area contributed by atoms with Gasteiger partial charge in [0.15, 0.2) is 0 Å². The van der Waals surface area contributed by atoms with Crippen LogP contribution in [0.25, 0.3) is 17.2 Å². The first kappa shape index (κ1) is 22.3. The Labute approximate surface area is 188 Å². The number of carbonyl (C=O) groups excluding carboxylic acids is 2. The summed E-state index contributed by atoms with van der Waals surface area (Å²) in [6.45, 7) is 0.123. The number of ether oxygens (including phenoxy) is 1. The lowest BCUT2D eigenvalue weighted by Gasteiger charge is -2.18. The number of rotatable bonds is 5. The van der Waals surface area contributed by atoms with E-state index in [-0.39, 0.29) is 6.61 Å². The SMILES string of the molecule is O=C(/C=C/c1cccc(-c2cccc(C(F)(F)F)c2)c1)N1C(=O)OCC1Cc1ccccc1. The predicted molar refractivity (Wildman–Crippen MR) is 118 cm³/mol. The van der Waals surface area contributed by atoms with Gasteiger partial charge in [0, 0.05) is 6.08 Å². The number of hydrogen-bond donors (Lipinski definition) is 0. The fourth-order valence-corrected chi connectivity index (χ4v) is 3.71. The van der Waals surface area contributed by atoms with E-state index >= 15 is 0 Å². The highest BCUT2D eigenvalue weighted by molar-refractivity contribution is 6.02. The van der Waals surface area contributed by atoms with Crippen molar-refractivity contribution in [2.45, 2.75) is 18.6 Å². The van der Waals surface area contributed by atoms with Crippen LogP contribution >= 0.6 is 0 Å². The summed E-state index contributed by atoms with van der Waals surface area (Å²) in [6, 6.07) is 20.9. The number of halogens is 3. The van der Waals surface area contributed by atoms with Crippen LogP contribution in [0.1, 0.15) is 16.7 Å². The van der Waals surface area contributed by atoms with Crippen molar-refractivity contribution in [1.82, 2.24) is 4.90 Å². The summed E-state index contributed by atoms with van der Waals surface area (Å²) in [7, 11) is 0. The number of imide groups is 1. The Morgan fingerprint density at radius 2 is 1.67 bits per heavy atom. The standard InChI is InChI=1S/C26H20F3NO3/c27-26(28,29)22-11-5-10-21(16-22)20-9-4-8-19(14-20)12-13-24(31)30-23(17-33-25(30)32)15-18-6-2-1-3-7-18/h1-14,16,23H,15,17H2/b13-12+. The maximum atomic E-state index is 13.0. The van der Waals surface area contributed by atoms with E-state index in [1.165, 1.54) is 18.2 Å². The van der Waals surface area contributed by atoms with Crippen LogP contribution < -0.4 is 0 Å². The molecular formula is C26H20F3NO3. The van der Waals surface area contributed by atoms with Gasteiger partial charge in [-0.1, -0.05) is 60.7 Å². The van der Waals surface area contributed by atoms with Gasteiger partial charge in [-0.3, -0.25) is 4.79 Å². The molecule has 1 aliphatic rings. The maximum absolute atomic E-state index is 13.0. The zero-order valence-electron chi connectivity index (χ0n) is 17.5. The molecule has 0 N–H and O–H groups in total. The van der Waals surface area contributed by atoms with Gasteiger partial charge in [0.1, 0.15) is 6.61 Å². The van der Waals surface area contributed by atoms with Crippen LogP contribution in [-0.2, 0) is 22.1 Å². The highest BCUT2D eigenvalue weighted by Crippen LogP contribution is 2.32. The zero-order valence-corrected chi connectivity index (χ0v) is 17.5. The highest BCUT2D eigenvalue weighted by atomic mass is 19.4. The van der Waals surface area contributed by atoms with E-state index in [0.29, 0.717) is 23.1 Å². The molecule has 168 valence electrons. The van der Waals surface area contributed by atoms with E-state index in [1.54, 1.807) is 30.3 Å². The van der Waals surface area contributed by atoms with Crippen LogP contribution in [0, 0.1) is 0 Å². The van der Waals surface area contributed by atoms with Gasteiger partial charge >= 0.3 is 12.3 Å². The summed E-state index contributed by atoms with van der Waals surface area (Å²) in [5, 5.41) is 0. The van der Waals surface area contributed by atoms with Gasteiger partial charge in [0.2, 0.25) is 0 Å². The molecule has 7 heteroatoms. The molecule has 1 aliphatic heterocycles. The van der Waals surface area contributed by atoms with Gasteiger partial charge in [-0.05, 0) is 52.9 Å². The average Bonchev–Trinajstić information content (AvgIpc) is 3.17. The first-order chi connectivity index (χ1) is 15.8. The second-order valence-corrected chi connectivity index (χ2v) is 7.67. The molecular weight excluding hydrogens is 431 g/mol. The van der Waals surface area contributed by atoms with Crippen LogP contribution in [0.3, 0.4) is 0 Å². The van der Waals surface area contributed by atoms with E-state index in [4.69, 9.17) is 4.74 Å². The number of cyclic esters (lactones) is 1. The molecule has 4 nitrogen and oxygen atoms in total. The average molecular weight is 451 g/mol. The normalized spacial score (nSPS) is 16.3. The summed E-state index contributed by atoms with van der Waals surface area (Å²) in [5.41, 5.74) is 1.87. The molecule has 1 saturated heterocycles. The topological polar surface area (TPSA) is 46.6 Å². The zero-order chi connectivity index (χ0) is 23.4. The Morgan fingerprint density at radius 3 is 2.39 bits per heavy atom. The number of amides is 2. The number of nitrogens with zero attached hydrogens (tertiary/aromatic N) is 1. The minimum atomic E-state index is -4.43. The fraction of sp³-hybridized carbons (Fsp3) is 0.154. The van der Waals surface area contributed by atoms with Gasteiger partial charge < -0.3 is 4.74 Å². The molecule has 0 bridgehead atoms. The Morgan fingerprint density at radius 1 is 0.970 bits per heavy atom. The summed E-state index contributed by atoms with van der Waals surface area (Å²) in [5.74, 6) is -0.511. The Balaban J connectivity index is 1.51. The van der Waals surface area contributed by atoms with Crippen molar-refractivity contribution in [3.05, 3.63) is 102 Å². The summed E-state index contributed by atoms with van der Waals surface area (Å²) in [6.07, 6.45) is -1.83. The van der Waals surface area contributed by atoms with E-state index in [0.717, 1.165) is 22.6 Å². The molecule has 0 aromatic heterocycles. The van der Waals surface area contributed by atoms with E-state index in [9.17, 15) is 22.8 Å². The summed E-state index contributed by atoms with van der Waals surface area (Å²) < 4.78 is 44.2. The first-order valence-electron chi connectivity index (χ1n) is 10.3. The Hall–Kier alpha value is -3.87. The van der Waals surface area contributed by atoms with Gasteiger partial charge in [0.05, 0.1) is 11.6 Å². The van der Waals surface area contributed by atoms with Gasteiger partial charge in [0.25, 0.3) is 5.91 Å². The number of hydrogen-bond acceptors (Lipinski definition) is 3. The van der Waals surface area contributed by atoms with Gasteiger partial charge in [-0.2, -0.15) is 13.2 Å². The number of alkyl halides is 3. The lowest BCUT2D eigenvalue weighted by Crippen LogP contribution is -2.39. The van der Waals surface area contributed by atoms with Crippen molar-refractivity contribution in [3.63, 3.8) is 0 Å². The molecule has 1 fully saturated rings. The molecule has 0 saturated carbocycles. The molecule has 1 atom stereocenters. The second-order valence-electron chi connectivity index (χ2n) is 7.67. The smallest absolute Gasteiger partial charge is 0.417 e. The van der Waals surface area contributed by atoms with Crippen LogP contribution in [0.15, 0.2) is 84.9 Å². The third-order valence-electron chi connectivity index (χ3n) is 5.34. The lowest BCUT2D eigenvalue weighted by atomic mass is 10.0. The van der Waals surface area contributed by atoms with Crippen molar-refractivity contribution in [2.24, 2.45) is 0 Å². The Bertz CT molecular complexity index is 1190. The molecule has 33 heavy (non-hydrogen) atoms. The molecule has 0 radical (unpaired) electrons. The predicted octanol–water partition coefficient (Wildman–Crippen LogP) is 5.98. The van der Waals surface area contributed by atoms with Crippen molar-refractivity contribution >= 4 is 18.1 Å². The molecule has 0 aliphatic carbocycles. The Kier molecular flexibility index (Phi) is 6.31. The van der Waals surface area contributed by atoms with Crippen LogP contribution in [0.5, 0.6) is 0 Å². The summed E-state index contributed by atoms with van der Waals surface area (Å²) in [4.78, 5) is 26.0. The van der Waals surface area contributed by atoms with Crippen molar-refractivity contribution in [3.8, 4) is 11.1 Å². The molecule has 3 aromatic rings. The highest BCUT2D eigenvalue weighted by Gasteiger charge is 2.36. The fourth-order valence-electron chi connectivity index (χ4n) is 3.71. The molecule has 1 heterocycles. The minimum absolute atomic E-state index is 0.123. The summed E-state index contributed by atoms with van der Waals surface area (Å²) >= 11 is 0. The molecule has 2 amide bonds. The van der Waals surface area contributed by atoms with E-state index in [2.05, 4.69) is 0 Å². The quantitative estimate of drug-likeness (QED) is 0.449. The van der Waals surface area contributed by atoms with Crippen molar-refractivity contribution in [1.29, 1.82) is 0 Å². The third-order valence-corrected chi connectivity index (χ3v) is 5.34. The first-order valence-corrected chi connectivity index (χ1v) is 10.3. The van der Waals surface area contributed by atoms with E-state index < -0.39 is 29.8 Å². The van der Waals surface area contributed by atoms with Crippen molar-refractivity contribution in [2.75, 3.05) is 6.61 Å². The number of carbonyl (C=O) groups is 2. The van der Waals surface area contributed by atoms with Crippen molar-refractivity contribution < 1.29 is 27.5 Å². The molecule has 1 unspecified atom stereocenters. The lowest BCUT2D eigenvalue weighted by molar-refractivity contribution is -0.137. The maximum Gasteiger partial charge on any atom is 0.417 e. The monoisotopic (exact) mass is 451 g/mol. The van der Waals surface area contributed by atoms with Crippen LogP contribution in [0.4, 0.5) is 18.0 Å². The van der Waals surface area contributed by atoms with Crippen LogP contribution in [-0.4, -0.2) is 29.5 Å². The third kappa shape index (κ3) is 5.31. The van der Waals surface area contributed by atoms with Crippen LogP contribution in [0.2, 0.25) is 0 Å². The second kappa shape index (κ2) is 9.32. The largest absolute Gasteiger partial charge is 0.447 e.